The summed E-state index contributed by atoms with van der Waals surface area (Å²) in [5, 5.41) is 1.58. The van der Waals surface area contributed by atoms with E-state index in [2.05, 4.69) is 43.9 Å². The molecule has 3 aromatic rings. The molecule has 1 saturated heterocycles. The van der Waals surface area contributed by atoms with Crippen molar-refractivity contribution >= 4 is 34.7 Å². The molecule has 1 aliphatic heterocycles. The molecule has 6 heteroatoms. The monoisotopic (exact) mass is 422 g/mol. The molecule has 2 aromatic carbocycles. The highest BCUT2D eigenvalue weighted by atomic mass is 35.5. The third-order valence-corrected chi connectivity index (χ3v) is 5.89. The molecule has 1 aromatic heterocycles. The maximum absolute atomic E-state index is 6.56. The molecular weight excluding hydrogens is 396 g/mol. The normalized spacial score (nSPS) is 15.8. The number of morpholine rings is 1. The number of para-hydroxylation sites is 1. The van der Waals surface area contributed by atoms with Crippen LogP contribution in [0.1, 0.15) is 31.4 Å². The number of anilines is 1. The topological polar surface area (TPSA) is 50.6 Å². The SMILES string of the molecule is CCC(C)N=Cc1c(C)cccc1-c1nc(N2CCOCC2)nc2c(Cl)cccc12. The van der Waals surface area contributed by atoms with Gasteiger partial charge in [0.1, 0.15) is 0 Å². The van der Waals surface area contributed by atoms with Crippen LogP contribution in [0.3, 0.4) is 0 Å². The van der Waals surface area contributed by atoms with Crippen LogP contribution in [0.15, 0.2) is 41.4 Å². The van der Waals surface area contributed by atoms with E-state index in [4.69, 9.17) is 31.3 Å². The zero-order chi connectivity index (χ0) is 21.1. The summed E-state index contributed by atoms with van der Waals surface area (Å²) >= 11 is 6.56. The van der Waals surface area contributed by atoms with E-state index in [0.29, 0.717) is 24.2 Å². The average molecular weight is 423 g/mol. The van der Waals surface area contributed by atoms with Gasteiger partial charge in [-0.3, -0.25) is 4.99 Å². The molecule has 0 saturated carbocycles. The third-order valence-electron chi connectivity index (χ3n) is 5.59. The van der Waals surface area contributed by atoms with Gasteiger partial charge in [0, 0.05) is 41.9 Å². The summed E-state index contributed by atoms with van der Waals surface area (Å²) < 4.78 is 5.51. The predicted molar refractivity (Wildman–Crippen MR) is 125 cm³/mol. The molecule has 0 aliphatic carbocycles. The van der Waals surface area contributed by atoms with Crippen molar-refractivity contribution in [2.75, 3.05) is 31.2 Å². The largest absolute Gasteiger partial charge is 0.378 e. The van der Waals surface area contributed by atoms with E-state index in [1.165, 1.54) is 5.56 Å². The van der Waals surface area contributed by atoms with E-state index >= 15 is 0 Å². The average Bonchev–Trinajstić information content (AvgIpc) is 2.78. The number of hydrogen-bond acceptors (Lipinski definition) is 5. The number of fused-ring (bicyclic) bond motifs is 1. The first-order valence-electron chi connectivity index (χ1n) is 10.5. The lowest BCUT2D eigenvalue weighted by Crippen LogP contribution is -2.37. The first-order valence-corrected chi connectivity index (χ1v) is 10.9. The number of aliphatic imine (C=N–C) groups is 1. The number of nitrogens with zero attached hydrogens (tertiary/aromatic N) is 4. The molecule has 0 radical (unpaired) electrons. The van der Waals surface area contributed by atoms with Crippen molar-refractivity contribution in [2.24, 2.45) is 4.99 Å². The smallest absolute Gasteiger partial charge is 0.226 e. The van der Waals surface area contributed by atoms with Crippen LogP contribution >= 0.6 is 11.6 Å². The fourth-order valence-corrected chi connectivity index (χ4v) is 3.80. The second-order valence-corrected chi connectivity index (χ2v) is 8.09. The van der Waals surface area contributed by atoms with Gasteiger partial charge in [0.15, 0.2) is 0 Å². The molecule has 0 bridgehead atoms. The fourth-order valence-electron chi connectivity index (χ4n) is 3.58. The molecule has 0 amide bonds. The number of hydrogen-bond donors (Lipinski definition) is 0. The summed E-state index contributed by atoms with van der Waals surface area (Å²) in [6, 6.07) is 12.4. The molecule has 1 atom stereocenters. The summed E-state index contributed by atoms with van der Waals surface area (Å²) in [7, 11) is 0. The summed E-state index contributed by atoms with van der Waals surface area (Å²) in [4.78, 5) is 16.8. The van der Waals surface area contributed by atoms with Gasteiger partial charge >= 0.3 is 0 Å². The summed E-state index contributed by atoms with van der Waals surface area (Å²) in [5.41, 5.74) is 4.97. The molecule has 0 spiro atoms. The number of aryl methyl sites for hydroxylation is 1. The predicted octanol–water partition coefficient (Wildman–Crippen LogP) is 5.31. The molecule has 156 valence electrons. The van der Waals surface area contributed by atoms with Crippen LogP contribution < -0.4 is 4.90 Å². The summed E-state index contributed by atoms with van der Waals surface area (Å²) in [6.07, 6.45) is 3.00. The zero-order valence-electron chi connectivity index (χ0n) is 17.7. The number of rotatable bonds is 5. The molecule has 1 unspecified atom stereocenters. The van der Waals surface area contributed by atoms with Gasteiger partial charge in [0.2, 0.25) is 5.95 Å². The maximum atomic E-state index is 6.56. The lowest BCUT2D eigenvalue weighted by molar-refractivity contribution is 0.122. The lowest BCUT2D eigenvalue weighted by Gasteiger charge is -2.27. The summed E-state index contributed by atoms with van der Waals surface area (Å²) in [6.45, 7) is 9.28. The van der Waals surface area contributed by atoms with Crippen LogP contribution in [0, 0.1) is 6.92 Å². The second-order valence-electron chi connectivity index (χ2n) is 7.68. The van der Waals surface area contributed by atoms with Crippen molar-refractivity contribution in [2.45, 2.75) is 33.2 Å². The van der Waals surface area contributed by atoms with Crippen molar-refractivity contribution in [3.8, 4) is 11.3 Å². The molecule has 30 heavy (non-hydrogen) atoms. The minimum absolute atomic E-state index is 0.276. The van der Waals surface area contributed by atoms with Crippen molar-refractivity contribution in [3.05, 3.63) is 52.5 Å². The van der Waals surface area contributed by atoms with Crippen molar-refractivity contribution in [1.29, 1.82) is 0 Å². The van der Waals surface area contributed by atoms with Crippen molar-refractivity contribution < 1.29 is 4.74 Å². The molecular formula is C24H27ClN4O. The molecule has 2 heterocycles. The Morgan fingerprint density at radius 2 is 1.93 bits per heavy atom. The molecule has 1 aliphatic rings. The standard InChI is InChI=1S/C24H27ClN4O/c1-4-17(3)26-15-20-16(2)7-5-8-18(20)22-19-9-6-10-21(25)23(19)28-24(27-22)29-11-13-30-14-12-29/h5-10,15,17H,4,11-14H2,1-3H3. The van der Waals surface area contributed by atoms with Crippen LogP contribution in [0.25, 0.3) is 22.2 Å². The van der Waals surface area contributed by atoms with E-state index in [-0.39, 0.29) is 6.04 Å². The Morgan fingerprint density at radius 1 is 1.17 bits per heavy atom. The minimum atomic E-state index is 0.276. The van der Waals surface area contributed by atoms with Crippen LogP contribution in [-0.2, 0) is 4.74 Å². The van der Waals surface area contributed by atoms with Gasteiger partial charge in [-0.15, -0.1) is 0 Å². The van der Waals surface area contributed by atoms with Crippen LogP contribution in [0.5, 0.6) is 0 Å². The molecule has 4 rings (SSSR count). The third kappa shape index (κ3) is 4.18. The lowest BCUT2D eigenvalue weighted by atomic mass is 9.97. The molecule has 1 fully saturated rings. The Hall–Kier alpha value is -2.50. The number of ether oxygens (including phenoxy) is 1. The fraction of sp³-hybridized carbons (Fsp3) is 0.375. The first-order chi connectivity index (χ1) is 14.6. The highest BCUT2D eigenvalue weighted by molar-refractivity contribution is 6.35. The molecule has 0 N–H and O–H groups in total. The minimum Gasteiger partial charge on any atom is -0.378 e. The van der Waals surface area contributed by atoms with E-state index in [1.807, 2.05) is 24.4 Å². The van der Waals surface area contributed by atoms with E-state index in [0.717, 1.165) is 47.2 Å². The van der Waals surface area contributed by atoms with Crippen LogP contribution in [-0.4, -0.2) is 48.5 Å². The van der Waals surface area contributed by atoms with E-state index < -0.39 is 0 Å². The Labute approximate surface area is 182 Å². The van der Waals surface area contributed by atoms with Gasteiger partial charge < -0.3 is 9.64 Å². The summed E-state index contributed by atoms with van der Waals surface area (Å²) in [5.74, 6) is 0.695. The van der Waals surface area contributed by atoms with Gasteiger partial charge in [0.05, 0.1) is 29.4 Å². The van der Waals surface area contributed by atoms with E-state index in [1.54, 1.807) is 0 Å². The van der Waals surface area contributed by atoms with Gasteiger partial charge in [-0.1, -0.05) is 48.9 Å². The van der Waals surface area contributed by atoms with Crippen LogP contribution in [0.2, 0.25) is 5.02 Å². The first kappa shape index (κ1) is 20.8. The number of benzene rings is 2. The Balaban J connectivity index is 1.93. The maximum Gasteiger partial charge on any atom is 0.226 e. The Morgan fingerprint density at radius 3 is 2.70 bits per heavy atom. The van der Waals surface area contributed by atoms with Gasteiger partial charge in [-0.2, -0.15) is 0 Å². The highest BCUT2D eigenvalue weighted by Crippen LogP contribution is 2.34. The van der Waals surface area contributed by atoms with Crippen molar-refractivity contribution in [3.63, 3.8) is 0 Å². The second kappa shape index (κ2) is 9.11. The Kier molecular flexibility index (Phi) is 6.30. The van der Waals surface area contributed by atoms with Gasteiger partial charge in [0.25, 0.3) is 0 Å². The van der Waals surface area contributed by atoms with Gasteiger partial charge in [-0.05, 0) is 31.9 Å². The van der Waals surface area contributed by atoms with E-state index in [9.17, 15) is 0 Å². The molecule has 5 nitrogen and oxygen atoms in total. The quantitative estimate of drug-likeness (QED) is 0.522. The zero-order valence-corrected chi connectivity index (χ0v) is 18.5. The Bertz CT molecular complexity index is 1080. The highest BCUT2D eigenvalue weighted by Gasteiger charge is 2.20. The van der Waals surface area contributed by atoms with Gasteiger partial charge in [-0.25, -0.2) is 9.97 Å². The van der Waals surface area contributed by atoms with Crippen molar-refractivity contribution in [1.82, 2.24) is 9.97 Å². The number of halogens is 1. The van der Waals surface area contributed by atoms with Crippen LogP contribution in [0.4, 0.5) is 5.95 Å². The number of aromatic nitrogens is 2.